The minimum Gasteiger partial charge on any atom is -0.399 e. The monoisotopic (exact) mass is 232 g/mol. The van der Waals surface area contributed by atoms with E-state index in [2.05, 4.69) is 37.8 Å². The van der Waals surface area contributed by atoms with Gasteiger partial charge in [0, 0.05) is 24.5 Å². The average Bonchev–Trinajstić information content (AvgIpc) is 2.73. The predicted octanol–water partition coefficient (Wildman–Crippen LogP) is 3.59. The van der Waals surface area contributed by atoms with Gasteiger partial charge in [-0.3, -0.25) is 0 Å². The van der Waals surface area contributed by atoms with Gasteiger partial charge in [-0.1, -0.05) is 13.8 Å². The maximum Gasteiger partial charge on any atom is 0.0389 e. The van der Waals surface area contributed by atoms with Gasteiger partial charge in [-0.05, 0) is 55.4 Å². The molecular weight excluding hydrogens is 208 g/mol. The Balaban J connectivity index is 2.20. The highest BCUT2D eigenvalue weighted by Gasteiger charge is 2.34. The second kappa shape index (κ2) is 4.59. The molecule has 1 aliphatic rings. The number of aryl methyl sites for hydroxylation is 1. The molecule has 17 heavy (non-hydrogen) atoms. The van der Waals surface area contributed by atoms with Gasteiger partial charge in [-0.2, -0.15) is 0 Å². The van der Waals surface area contributed by atoms with E-state index in [4.69, 9.17) is 5.73 Å². The molecule has 94 valence electrons. The van der Waals surface area contributed by atoms with Crippen molar-refractivity contribution < 1.29 is 0 Å². The van der Waals surface area contributed by atoms with Crippen molar-refractivity contribution in [2.75, 3.05) is 23.7 Å². The molecule has 1 aromatic rings. The topological polar surface area (TPSA) is 29.3 Å². The van der Waals surface area contributed by atoms with Crippen molar-refractivity contribution in [1.82, 2.24) is 0 Å². The summed E-state index contributed by atoms with van der Waals surface area (Å²) in [7, 11) is 0. The van der Waals surface area contributed by atoms with Crippen LogP contribution in [-0.2, 0) is 0 Å². The smallest absolute Gasteiger partial charge is 0.0389 e. The third kappa shape index (κ3) is 2.41. The zero-order chi connectivity index (χ0) is 12.5. The van der Waals surface area contributed by atoms with Crippen molar-refractivity contribution in [1.29, 1.82) is 0 Å². The Kier molecular flexibility index (Phi) is 3.32. The number of hydrogen-bond donors (Lipinski definition) is 1. The molecule has 0 unspecified atom stereocenters. The Bertz CT molecular complexity index is 374. The zero-order valence-electron chi connectivity index (χ0n) is 11.3. The summed E-state index contributed by atoms with van der Waals surface area (Å²) >= 11 is 0. The molecule has 0 spiro atoms. The minimum atomic E-state index is 0.526. The molecule has 2 N–H and O–H groups in total. The third-order valence-electron chi connectivity index (χ3n) is 4.39. The van der Waals surface area contributed by atoms with Crippen LogP contribution in [0.25, 0.3) is 0 Å². The summed E-state index contributed by atoms with van der Waals surface area (Å²) in [6, 6.07) is 6.39. The summed E-state index contributed by atoms with van der Waals surface area (Å²) in [5.41, 5.74) is 9.89. The number of rotatable bonds is 3. The molecule has 1 fully saturated rings. The molecule has 2 rings (SSSR count). The van der Waals surface area contributed by atoms with Gasteiger partial charge in [0.05, 0.1) is 0 Å². The lowest BCUT2D eigenvalue weighted by Crippen LogP contribution is -2.26. The van der Waals surface area contributed by atoms with E-state index < -0.39 is 0 Å². The van der Waals surface area contributed by atoms with Crippen LogP contribution < -0.4 is 10.6 Å². The third-order valence-corrected chi connectivity index (χ3v) is 4.39. The van der Waals surface area contributed by atoms with Crippen molar-refractivity contribution in [2.24, 2.45) is 5.41 Å². The van der Waals surface area contributed by atoms with Crippen LogP contribution in [0.4, 0.5) is 11.4 Å². The Morgan fingerprint density at radius 1 is 1.24 bits per heavy atom. The highest BCUT2D eigenvalue weighted by Crippen LogP contribution is 2.39. The van der Waals surface area contributed by atoms with Crippen LogP contribution in [0.3, 0.4) is 0 Å². The first-order chi connectivity index (χ1) is 8.08. The Hall–Kier alpha value is -1.18. The van der Waals surface area contributed by atoms with Crippen molar-refractivity contribution in [3.63, 3.8) is 0 Å². The van der Waals surface area contributed by atoms with Gasteiger partial charge >= 0.3 is 0 Å². The van der Waals surface area contributed by atoms with Gasteiger partial charge < -0.3 is 10.6 Å². The first-order valence-electron chi connectivity index (χ1n) is 6.71. The fraction of sp³-hybridized carbons (Fsp3) is 0.600. The van der Waals surface area contributed by atoms with E-state index in [0.29, 0.717) is 5.41 Å². The Morgan fingerprint density at radius 2 is 1.94 bits per heavy atom. The van der Waals surface area contributed by atoms with Crippen molar-refractivity contribution in [3.05, 3.63) is 23.8 Å². The lowest BCUT2D eigenvalue weighted by atomic mass is 9.82. The van der Waals surface area contributed by atoms with Gasteiger partial charge in [-0.25, -0.2) is 0 Å². The number of nitrogen functional groups attached to an aromatic ring is 1. The first-order valence-corrected chi connectivity index (χ1v) is 6.71. The molecule has 0 atom stereocenters. The van der Waals surface area contributed by atoms with Crippen LogP contribution in [-0.4, -0.2) is 13.1 Å². The number of anilines is 2. The molecule has 1 aliphatic heterocycles. The predicted molar refractivity (Wildman–Crippen MR) is 75.4 cm³/mol. The molecule has 1 heterocycles. The lowest BCUT2D eigenvalue weighted by molar-refractivity contribution is 0.301. The summed E-state index contributed by atoms with van der Waals surface area (Å²) < 4.78 is 0. The van der Waals surface area contributed by atoms with E-state index in [1.165, 1.54) is 43.6 Å². The van der Waals surface area contributed by atoms with Crippen molar-refractivity contribution in [3.8, 4) is 0 Å². The SMILES string of the molecule is CCC1(CC)CCN(c2cc(C)cc(N)c2)C1. The quantitative estimate of drug-likeness (QED) is 0.807. The molecule has 0 bridgehead atoms. The summed E-state index contributed by atoms with van der Waals surface area (Å²) in [6.07, 6.45) is 3.87. The average molecular weight is 232 g/mol. The standard InChI is InChI=1S/C15H24N2/c1-4-15(5-2)6-7-17(11-15)14-9-12(3)8-13(16)10-14/h8-10H,4-7,11,16H2,1-3H3. The van der Waals surface area contributed by atoms with Gasteiger partial charge in [0.2, 0.25) is 0 Å². The number of nitrogens with zero attached hydrogens (tertiary/aromatic N) is 1. The molecular formula is C15H24N2. The largest absolute Gasteiger partial charge is 0.399 e. The minimum absolute atomic E-state index is 0.526. The summed E-state index contributed by atoms with van der Waals surface area (Å²) in [5.74, 6) is 0. The molecule has 0 aliphatic carbocycles. The maximum atomic E-state index is 5.93. The highest BCUT2D eigenvalue weighted by molar-refractivity contribution is 5.59. The van der Waals surface area contributed by atoms with Gasteiger partial charge in [0.25, 0.3) is 0 Å². The van der Waals surface area contributed by atoms with Gasteiger partial charge in [0.15, 0.2) is 0 Å². The van der Waals surface area contributed by atoms with Crippen molar-refractivity contribution >= 4 is 11.4 Å². The summed E-state index contributed by atoms with van der Waals surface area (Å²) in [5, 5.41) is 0. The normalized spacial score (nSPS) is 18.6. The maximum absolute atomic E-state index is 5.93. The van der Waals surface area contributed by atoms with Crippen molar-refractivity contribution in [2.45, 2.75) is 40.0 Å². The molecule has 2 heteroatoms. The molecule has 0 radical (unpaired) electrons. The van der Waals surface area contributed by atoms with E-state index in [1.807, 2.05) is 6.07 Å². The van der Waals surface area contributed by atoms with Crippen LogP contribution in [0, 0.1) is 12.3 Å². The zero-order valence-corrected chi connectivity index (χ0v) is 11.3. The number of nitrogens with two attached hydrogens (primary N) is 1. The fourth-order valence-corrected chi connectivity index (χ4v) is 2.96. The van der Waals surface area contributed by atoms with Crippen LogP contribution in [0.2, 0.25) is 0 Å². The Labute approximate surface area is 105 Å². The van der Waals surface area contributed by atoms with Gasteiger partial charge in [0.1, 0.15) is 0 Å². The number of benzene rings is 1. The van der Waals surface area contributed by atoms with Crippen LogP contribution in [0.15, 0.2) is 18.2 Å². The molecule has 0 aromatic heterocycles. The van der Waals surface area contributed by atoms with E-state index in [1.54, 1.807) is 0 Å². The molecule has 0 amide bonds. The van der Waals surface area contributed by atoms with E-state index in [0.717, 1.165) is 5.69 Å². The molecule has 2 nitrogen and oxygen atoms in total. The summed E-state index contributed by atoms with van der Waals surface area (Å²) in [6.45, 7) is 9.10. The fourth-order valence-electron chi connectivity index (χ4n) is 2.96. The van der Waals surface area contributed by atoms with Gasteiger partial charge in [-0.15, -0.1) is 0 Å². The summed E-state index contributed by atoms with van der Waals surface area (Å²) in [4.78, 5) is 2.50. The molecule has 1 saturated heterocycles. The Morgan fingerprint density at radius 3 is 2.47 bits per heavy atom. The second-order valence-corrected chi connectivity index (χ2v) is 5.48. The van der Waals surface area contributed by atoms with Crippen LogP contribution in [0.5, 0.6) is 0 Å². The van der Waals surface area contributed by atoms with E-state index in [-0.39, 0.29) is 0 Å². The molecule has 1 aromatic carbocycles. The number of hydrogen-bond acceptors (Lipinski definition) is 2. The molecule has 0 saturated carbocycles. The lowest BCUT2D eigenvalue weighted by Gasteiger charge is -2.27. The second-order valence-electron chi connectivity index (χ2n) is 5.48. The van der Waals surface area contributed by atoms with E-state index >= 15 is 0 Å². The first kappa shape index (κ1) is 12.3. The van der Waals surface area contributed by atoms with Crippen LogP contribution in [0.1, 0.15) is 38.7 Å². The van der Waals surface area contributed by atoms with E-state index in [9.17, 15) is 0 Å². The van der Waals surface area contributed by atoms with Crippen LogP contribution >= 0.6 is 0 Å². The highest BCUT2D eigenvalue weighted by atomic mass is 15.2.